The molecule has 1 amide bonds. The molecule has 0 aliphatic heterocycles. The molecule has 0 spiro atoms. The van der Waals surface area contributed by atoms with Crippen molar-refractivity contribution in [1.29, 1.82) is 5.26 Å². The first-order valence-corrected chi connectivity index (χ1v) is 8.94. The Morgan fingerprint density at radius 1 is 1.14 bits per heavy atom. The Morgan fingerprint density at radius 3 is 2.66 bits per heavy atom. The summed E-state index contributed by atoms with van der Waals surface area (Å²) < 4.78 is 5.68. The summed E-state index contributed by atoms with van der Waals surface area (Å²) >= 11 is 0. The number of carbonyl (C=O) groups is 2. The van der Waals surface area contributed by atoms with E-state index in [0.717, 1.165) is 10.8 Å². The van der Waals surface area contributed by atoms with Crippen LogP contribution in [0.3, 0.4) is 0 Å². The normalized spacial score (nSPS) is 11.0. The third kappa shape index (κ3) is 4.42. The Labute approximate surface area is 167 Å². The summed E-state index contributed by atoms with van der Waals surface area (Å²) in [5.74, 6) is -1.17. The summed E-state index contributed by atoms with van der Waals surface area (Å²) in [5, 5.41) is 23.0. The highest BCUT2D eigenvalue weighted by atomic mass is 16.5. The van der Waals surface area contributed by atoms with Gasteiger partial charge in [-0.2, -0.15) is 5.26 Å². The van der Waals surface area contributed by atoms with Gasteiger partial charge in [0.15, 0.2) is 0 Å². The van der Waals surface area contributed by atoms with Gasteiger partial charge in [-0.3, -0.25) is 4.79 Å². The van der Waals surface area contributed by atoms with Crippen molar-refractivity contribution in [3.63, 3.8) is 0 Å². The van der Waals surface area contributed by atoms with Crippen molar-refractivity contribution in [2.45, 2.75) is 6.92 Å². The molecule has 0 saturated carbocycles. The van der Waals surface area contributed by atoms with E-state index in [0.29, 0.717) is 23.6 Å². The van der Waals surface area contributed by atoms with E-state index in [2.05, 4.69) is 5.32 Å². The Bertz CT molecular complexity index is 1160. The predicted molar refractivity (Wildman–Crippen MR) is 111 cm³/mol. The second-order valence-corrected chi connectivity index (χ2v) is 6.14. The van der Waals surface area contributed by atoms with Gasteiger partial charge in [0.05, 0.1) is 12.2 Å². The van der Waals surface area contributed by atoms with E-state index >= 15 is 0 Å². The summed E-state index contributed by atoms with van der Waals surface area (Å²) in [5.41, 5.74) is 0.843. The van der Waals surface area contributed by atoms with Crippen LogP contribution in [0.1, 0.15) is 22.8 Å². The molecule has 3 aromatic rings. The summed E-state index contributed by atoms with van der Waals surface area (Å²) in [6.45, 7) is 2.30. The largest absolute Gasteiger partial charge is 0.493 e. The smallest absolute Gasteiger partial charge is 0.335 e. The van der Waals surface area contributed by atoms with Crippen LogP contribution in [0.4, 0.5) is 5.69 Å². The molecule has 0 unspecified atom stereocenters. The minimum atomic E-state index is -1.10. The molecular formula is C23H18N2O4. The van der Waals surface area contributed by atoms with Gasteiger partial charge in [0.2, 0.25) is 0 Å². The Balaban J connectivity index is 2.01. The van der Waals surface area contributed by atoms with Gasteiger partial charge in [-0.05, 0) is 48.0 Å². The molecule has 0 saturated heterocycles. The van der Waals surface area contributed by atoms with E-state index < -0.39 is 11.9 Å². The van der Waals surface area contributed by atoms with Gasteiger partial charge >= 0.3 is 5.97 Å². The molecule has 6 nitrogen and oxygen atoms in total. The molecule has 0 heterocycles. The second kappa shape index (κ2) is 8.72. The molecule has 0 aliphatic rings. The lowest BCUT2D eigenvalue weighted by Crippen LogP contribution is -2.14. The molecule has 0 aliphatic carbocycles. The van der Waals surface area contributed by atoms with Crippen molar-refractivity contribution >= 4 is 34.4 Å². The molecule has 3 rings (SSSR count). The number of fused-ring (bicyclic) bond motifs is 1. The minimum absolute atomic E-state index is 0.0398. The number of carboxylic acids is 1. The van der Waals surface area contributed by atoms with Gasteiger partial charge in [0.25, 0.3) is 5.91 Å². The zero-order valence-electron chi connectivity index (χ0n) is 15.7. The Morgan fingerprint density at radius 2 is 1.93 bits per heavy atom. The molecule has 3 aromatic carbocycles. The highest BCUT2D eigenvalue weighted by Crippen LogP contribution is 2.30. The highest BCUT2D eigenvalue weighted by Gasteiger charge is 2.14. The molecule has 0 atom stereocenters. The van der Waals surface area contributed by atoms with Gasteiger partial charge < -0.3 is 15.2 Å². The third-order valence-corrected chi connectivity index (χ3v) is 4.25. The van der Waals surface area contributed by atoms with Crippen molar-refractivity contribution in [2.24, 2.45) is 0 Å². The fourth-order valence-electron chi connectivity index (χ4n) is 2.93. The van der Waals surface area contributed by atoms with E-state index in [1.807, 2.05) is 43.3 Å². The molecule has 0 aromatic heterocycles. The van der Waals surface area contributed by atoms with Crippen LogP contribution in [0.15, 0.2) is 66.2 Å². The Hall–Kier alpha value is -4.11. The first kappa shape index (κ1) is 19.6. The van der Waals surface area contributed by atoms with E-state index in [4.69, 9.17) is 9.84 Å². The topological polar surface area (TPSA) is 99.4 Å². The van der Waals surface area contributed by atoms with Crippen LogP contribution in [0.2, 0.25) is 0 Å². The van der Waals surface area contributed by atoms with Crippen LogP contribution in [0.25, 0.3) is 16.8 Å². The maximum Gasteiger partial charge on any atom is 0.335 e. The number of aromatic carboxylic acids is 1. The number of amides is 1. The van der Waals surface area contributed by atoms with Crippen LogP contribution < -0.4 is 10.1 Å². The monoisotopic (exact) mass is 386 g/mol. The average molecular weight is 386 g/mol. The number of anilines is 1. The molecule has 6 heteroatoms. The lowest BCUT2D eigenvalue weighted by Gasteiger charge is -2.11. The second-order valence-electron chi connectivity index (χ2n) is 6.14. The van der Waals surface area contributed by atoms with Gasteiger partial charge in [-0.15, -0.1) is 0 Å². The molecule has 0 fully saturated rings. The van der Waals surface area contributed by atoms with Crippen LogP contribution >= 0.6 is 0 Å². The quantitative estimate of drug-likeness (QED) is 0.481. The number of nitrogens with one attached hydrogen (secondary N) is 1. The fraction of sp³-hybridized carbons (Fsp3) is 0.0870. The maximum absolute atomic E-state index is 12.6. The standard InChI is InChI=1S/C23H18N2O4/c1-2-29-21-11-10-15-6-3-4-9-19(15)20(21)13-17(14-24)22(26)25-18-8-5-7-16(12-18)23(27)28/h3-13H,2H2,1H3,(H,25,26)(H,27,28)/b17-13-. The summed E-state index contributed by atoms with van der Waals surface area (Å²) in [7, 11) is 0. The summed E-state index contributed by atoms with van der Waals surface area (Å²) in [6, 6.07) is 19.1. The molecule has 2 N–H and O–H groups in total. The lowest BCUT2D eigenvalue weighted by molar-refractivity contribution is -0.112. The molecular weight excluding hydrogens is 368 g/mol. The molecule has 144 valence electrons. The van der Waals surface area contributed by atoms with Gasteiger partial charge in [0, 0.05) is 11.3 Å². The van der Waals surface area contributed by atoms with Crippen molar-refractivity contribution < 1.29 is 19.4 Å². The number of carbonyl (C=O) groups excluding carboxylic acids is 1. The van der Waals surface area contributed by atoms with Gasteiger partial charge in [-0.25, -0.2) is 4.79 Å². The van der Waals surface area contributed by atoms with Crippen LogP contribution in [-0.2, 0) is 4.79 Å². The van der Waals surface area contributed by atoms with E-state index in [1.54, 1.807) is 12.1 Å². The van der Waals surface area contributed by atoms with Crippen molar-refractivity contribution in [3.05, 3.63) is 77.4 Å². The van der Waals surface area contributed by atoms with E-state index in [-0.39, 0.29) is 11.1 Å². The SMILES string of the molecule is CCOc1ccc2ccccc2c1/C=C(/C#N)C(=O)Nc1cccc(C(=O)O)c1. The lowest BCUT2D eigenvalue weighted by atomic mass is 10.0. The average Bonchev–Trinajstić information content (AvgIpc) is 2.73. The van der Waals surface area contributed by atoms with Gasteiger partial charge in [-0.1, -0.05) is 36.4 Å². The Kier molecular flexibility index (Phi) is 5.91. The third-order valence-electron chi connectivity index (χ3n) is 4.25. The number of ether oxygens (including phenoxy) is 1. The van der Waals surface area contributed by atoms with Crippen molar-refractivity contribution in [2.75, 3.05) is 11.9 Å². The van der Waals surface area contributed by atoms with Crippen LogP contribution in [0, 0.1) is 11.3 Å². The number of hydrogen-bond donors (Lipinski definition) is 2. The van der Waals surface area contributed by atoms with Crippen LogP contribution in [0.5, 0.6) is 5.75 Å². The van der Waals surface area contributed by atoms with E-state index in [9.17, 15) is 14.9 Å². The minimum Gasteiger partial charge on any atom is -0.493 e. The fourth-order valence-corrected chi connectivity index (χ4v) is 2.93. The summed E-state index contributed by atoms with van der Waals surface area (Å²) in [6.07, 6.45) is 1.49. The molecule has 0 radical (unpaired) electrons. The van der Waals surface area contributed by atoms with Gasteiger partial charge in [0.1, 0.15) is 17.4 Å². The maximum atomic E-state index is 12.6. The van der Waals surface area contributed by atoms with Crippen LogP contribution in [-0.4, -0.2) is 23.6 Å². The number of rotatable bonds is 6. The van der Waals surface area contributed by atoms with E-state index in [1.165, 1.54) is 24.3 Å². The molecule has 0 bridgehead atoms. The number of nitriles is 1. The van der Waals surface area contributed by atoms with Crippen molar-refractivity contribution in [3.8, 4) is 11.8 Å². The summed E-state index contributed by atoms with van der Waals surface area (Å²) in [4.78, 5) is 23.7. The number of benzene rings is 3. The van der Waals surface area contributed by atoms with Crippen molar-refractivity contribution in [1.82, 2.24) is 0 Å². The predicted octanol–water partition coefficient (Wildman–Crippen LogP) is 4.48. The number of nitrogens with zero attached hydrogens (tertiary/aromatic N) is 1. The number of hydrogen-bond acceptors (Lipinski definition) is 4. The first-order valence-electron chi connectivity index (χ1n) is 8.94. The first-order chi connectivity index (χ1) is 14.0. The number of carboxylic acid groups (broad SMARTS) is 1. The molecule has 29 heavy (non-hydrogen) atoms. The zero-order chi connectivity index (χ0) is 20.8. The highest BCUT2D eigenvalue weighted by molar-refractivity contribution is 6.11. The zero-order valence-corrected chi connectivity index (χ0v) is 15.7.